The van der Waals surface area contributed by atoms with Crippen LogP contribution in [0.5, 0.6) is 0 Å². The minimum atomic E-state index is 0.729. The van der Waals surface area contributed by atoms with Crippen molar-refractivity contribution in [2.45, 2.75) is 20.3 Å². The van der Waals surface area contributed by atoms with Crippen LogP contribution >= 0.6 is 11.8 Å². The Labute approximate surface area is 68.8 Å². The molecule has 0 radical (unpaired) electrons. The maximum atomic E-state index is 5.61. The zero-order chi connectivity index (χ0) is 7.98. The number of nitrogens with two attached hydrogens (primary N) is 1. The van der Waals surface area contributed by atoms with Crippen LogP contribution in [0.15, 0.2) is 0 Å². The standard InChI is InChI=1S/C8H19NS/c1-7(2)8(6-9)4-5-10-3/h7-8H,4-6,9H2,1-3H3. The largest absolute Gasteiger partial charge is 0.330 e. The zero-order valence-corrected chi connectivity index (χ0v) is 8.08. The van der Waals surface area contributed by atoms with Gasteiger partial charge in [-0.2, -0.15) is 11.8 Å². The van der Waals surface area contributed by atoms with Gasteiger partial charge < -0.3 is 5.73 Å². The SMILES string of the molecule is CSCCC(CN)C(C)C. The molecule has 0 aromatic rings. The minimum absolute atomic E-state index is 0.729. The Hall–Kier alpha value is 0.310. The van der Waals surface area contributed by atoms with E-state index in [1.165, 1.54) is 12.2 Å². The van der Waals surface area contributed by atoms with Crippen LogP contribution in [0.4, 0.5) is 0 Å². The van der Waals surface area contributed by atoms with Crippen molar-refractivity contribution in [1.29, 1.82) is 0 Å². The fourth-order valence-corrected chi connectivity index (χ4v) is 1.53. The van der Waals surface area contributed by atoms with Crippen LogP contribution in [-0.4, -0.2) is 18.6 Å². The molecule has 0 aliphatic rings. The maximum absolute atomic E-state index is 5.61. The molecule has 0 aromatic heterocycles. The van der Waals surface area contributed by atoms with Gasteiger partial charge in [-0.3, -0.25) is 0 Å². The quantitative estimate of drug-likeness (QED) is 0.667. The van der Waals surface area contributed by atoms with Crippen LogP contribution in [0.25, 0.3) is 0 Å². The van der Waals surface area contributed by atoms with Crippen molar-refractivity contribution in [2.24, 2.45) is 17.6 Å². The lowest BCUT2D eigenvalue weighted by molar-refractivity contribution is 0.385. The molecule has 10 heavy (non-hydrogen) atoms. The summed E-state index contributed by atoms with van der Waals surface area (Å²) in [6.45, 7) is 5.34. The average molecular weight is 161 g/mol. The van der Waals surface area contributed by atoms with Gasteiger partial charge in [-0.05, 0) is 36.8 Å². The molecule has 0 spiro atoms. The van der Waals surface area contributed by atoms with E-state index in [0.717, 1.165) is 18.4 Å². The molecule has 2 N–H and O–H groups in total. The van der Waals surface area contributed by atoms with Crippen LogP contribution in [0.2, 0.25) is 0 Å². The Kier molecular flexibility index (Phi) is 6.24. The van der Waals surface area contributed by atoms with Crippen molar-refractivity contribution in [3.05, 3.63) is 0 Å². The van der Waals surface area contributed by atoms with Crippen molar-refractivity contribution >= 4 is 11.8 Å². The summed E-state index contributed by atoms with van der Waals surface area (Å²) in [6, 6.07) is 0. The molecule has 0 fully saturated rings. The molecule has 0 aliphatic heterocycles. The van der Waals surface area contributed by atoms with Crippen molar-refractivity contribution < 1.29 is 0 Å². The smallest absolute Gasteiger partial charge is 0.00461 e. The molecule has 0 aliphatic carbocycles. The molecule has 0 rings (SSSR count). The lowest BCUT2D eigenvalue weighted by Crippen LogP contribution is -2.20. The second kappa shape index (κ2) is 6.05. The first-order valence-electron chi connectivity index (χ1n) is 3.91. The molecule has 0 heterocycles. The van der Waals surface area contributed by atoms with Crippen LogP contribution in [-0.2, 0) is 0 Å². The molecule has 0 saturated heterocycles. The summed E-state index contributed by atoms with van der Waals surface area (Å²) < 4.78 is 0. The Morgan fingerprint density at radius 2 is 2.00 bits per heavy atom. The lowest BCUT2D eigenvalue weighted by Gasteiger charge is -2.17. The van der Waals surface area contributed by atoms with Gasteiger partial charge in [-0.1, -0.05) is 13.8 Å². The van der Waals surface area contributed by atoms with E-state index in [1.807, 2.05) is 11.8 Å². The molecular weight excluding hydrogens is 142 g/mol. The molecule has 2 heteroatoms. The molecule has 0 aromatic carbocycles. The molecular formula is C8H19NS. The highest BCUT2D eigenvalue weighted by Gasteiger charge is 2.09. The second-order valence-corrected chi connectivity index (χ2v) is 4.01. The van der Waals surface area contributed by atoms with E-state index in [0.29, 0.717) is 0 Å². The van der Waals surface area contributed by atoms with Gasteiger partial charge in [0.2, 0.25) is 0 Å². The van der Waals surface area contributed by atoms with Crippen LogP contribution in [0, 0.1) is 11.8 Å². The number of hydrogen-bond acceptors (Lipinski definition) is 2. The van der Waals surface area contributed by atoms with Gasteiger partial charge in [0, 0.05) is 0 Å². The first kappa shape index (κ1) is 10.3. The summed E-state index contributed by atoms with van der Waals surface area (Å²) in [5.74, 6) is 2.73. The normalized spacial score (nSPS) is 14.1. The molecule has 0 bridgehead atoms. The van der Waals surface area contributed by atoms with Crippen molar-refractivity contribution in [2.75, 3.05) is 18.6 Å². The summed E-state index contributed by atoms with van der Waals surface area (Å²) in [5.41, 5.74) is 5.61. The fourth-order valence-electron chi connectivity index (χ4n) is 0.993. The topological polar surface area (TPSA) is 26.0 Å². The van der Waals surface area contributed by atoms with E-state index in [1.54, 1.807) is 0 Å². The monoisotopic (exact) mass is 161 g/mol. The second-order valence-electron chi connectivity index (χ2n) is 3.02. The van der Waals surface area contributed by atoms with Gasteiger partial charge in [-0.15, -0.1) is 0 Å². The Morgan fingerprint density at radius 1 is 1.40 bits per heavy atom. The summed E-state index contributed by atoms with van der Waals surface area (Å²) in [7, 11) is 0. The summed E-state index contributed by atoms with van der Waals surface area (Å²) >= 11 is 1.91. The van der Waals surface area contributed by atoms with Gasteiger partial charge in [0.25, 0.3) is 0 Å². The summed E-state index contributed by atoms with van der Waals surface area (Å²) in [4.78, 5) is 0. The van der Waals surface area contributed by atoms with E-state index in [4.69, 9.17) is 5.73 Å². The Balaban J connectivity index is 3.40. The van der Waals surface area contributed by atoms with Gasteiger partial charge in [-0.25, -0.2) is 0 Å². The fraction of sp³-hybridized carbons (Fsp3) is 1.00. The molecule has 1 atom stereocenters. The van der Waals surface area contributed by atoms with Gasteiger partial charge >= 0.3 is 0 Å². The van der Waals surface area contributed by atoms with Crippen LogP contribution < -0.4 is 5.73 Å². The maximum Gasteiger partial charge on any atom is -0.00461 e. The molecule has 62 valence electrons. The van der Waals surface area contributed by atoms with E-state index in [-0.39, 0.29) is 0 Å². The van der Waals surface area contributed by atoms with Gasteiger partial charge in [0.05, 0.1) is 0 Å². The third-order valence-corrected chi connectivity index (χ3v) is 2.58. The van der Waals surface area contributed by atoms with E-state index in [9.17, 15) is 0 Å². The van der Waals surface area contributed by atoms with Gasteiger partial charge in [0.1, 0.15) is 0 Å². The van der Waals surface area contributed by atoms with E-state index >= 15 is 0 Å². The van der Waals surface area contributed by atoms with Crippen LogP contribution in [0.1, 0.15) is 20.3 Å². The van der Waals surface area contributed by atoms with Gasteiger partial charge in [0.15, 0.2) is 0 Å². The van der Waals surface area contributed by atoms with E-state index < -0.39 is 0 Å². The first-order valence-corrected chi connectivity index (χ1v) is 5.30. The molecule has 0 amide bonds. The highest BCUT2D eigenvalue weighted by Crippen LogP contribution is 2.15. The zero-order valence-electron chi connectivity index (χ0n) is 7.26. The Bertz CT molecular complexity index is 73.7. The van der Waals surface area contributed by atoms with Crippen LogP contribution in [0.3, 0.4) is 0 Å². The number of rotatable bonds is 5. The highest BCUT2D eigenvalue weighted by molar-refractivity contribution is 7.98. The predicted molar refractivity (Wildman–Crippen MR) is 50.4 cm³/mol. The van der Waals surface area contributed by atoms with Crippen molar-refractivity contribution in [1.82, 2.24) is 0 Å². The molecule has 1 unspecified atom stereocenters. The number of hydrogen-bond donors (Lipinski definition) is 1. The predicted octanol–water partition coefficient (Wildman–Crippen LogP) is 1.97. The lowest BCUT2D eigenvalue weighted by atomic mass is 9.94. The third kappa shape index (κ3) is 4.18. The molecule has 0 saturated carbocycles. The first-order chi connectivity index (χ1) is 4.72. The minimum Gasteiger partial charge on any atom is -0.330 e. The third-order valence-electron chi connectivity index (χ3n) is 1.94. The number of thioether (sulfide) groups is 1. The molecule has 1 nitrogen and oxygen atoms in total. The van der Waals surface area contributed by atoms with Crippen molar-refractivity contribution in [3.63, 3.8) is 0 Å². The summed E-state index contributed by atoms with van der Waals surface area (Å²) in [5, 5.41) is 0. The average Bonchev–Trinajstić information content (AvgIpc) is 1.89. The highest BCUT2D eigenvalue weighted by atomic mass is 32.2. The van der Waals surface area contributed by atoms with E-state index in [2.05, 4.69) is 20.1 Å². The summed E-state index contributed by atoms with van der Waals surface area (Å²) in [6.07, 6.45) is 3.42. The van der Waals surface area contributed by atoms with Crippen molar-refractivity contribution in [3.8, 4) is 0 Å². The Morgan fingerprint density at radius 3 is 2.30 bits per heavy atom.